The van der Waals surface area contributed by atoms with Gasteiger partial charge in [-0.15, -0.1) is 0 Å². The van der Waals surface area contributed by atoms with Crippen LogP contribution in [0.25, 0.3) is 5.57 Å². The maximum absolute atomic E-state index is 12.5. The number of anilines is 2. The second-order valence-corrected chi connectivity index (χ2v) is 6.86. The van der Waals surface area contributed by atoms with E-state index in [1.54, 1.807) is 25.2 Å². The Morgan fingerprint density at radius 2 is 1.93 bits per heavy atom. The van der Waals surface area contributed by atoms with E-state index in [1.165, 1.54) is 5.56 Å². The molecular formula is C21H24N4O2. The van der Waals surface area contributed by atoms with Crippen LogP contribution in [0.2, 0.25) is 0 Å². The van der Waals surface area contributed by atoms with Gasteiger partial charge in [-0.2, -0.15) is 0 Å². The number of benzene rings is 2. The largest absolute Gasteiger partial charge is 0.358 e. The molecule has 0 spiro atoms. The van der Waals surface area contributed by atoms with E-state index in [0.717, 1.165) is 23.5 Å². The zero-order chi connectivity index (χ0) is 19.6. The molecule has 27 heavy (non-hydrogen) atoms. The predicted molar refractivity (Wildman–Crippen MR) is 109 cm³/mol. The van der Waals surface area contributed by atoms with Crippen molar-refractivity contribution in [2.24, 2.45) is 0 Å². The first-order valence-corrected chi connectivity index (χ1v) is 8.78. The van der Waals surface area contributed by atoms with E-state index in [1.807, 2.05) is 33.2 Å². The van der Waals surface area contributed by atoms with Gasteiger partial charge < -0.3 is 20.9 Å². The number of carbonyl (C=O) groups excluding carboxylic acids is 2. The molecule has 6 nitrogen and oxygen atoms in total. The maximum atomic E-state index is 12.5. The SMILES string of the molecule is CNC(=O)c1ccc2c(c1)/C(=C(\C)Nc1cccc(CN(C)C)c1)C(=O)N2. The van der Waals surface area contributed by atoms with Gasteiger partial charge in [-0.1, -0.05) is 12.1 Å². The Labute approximate surface area is 159 Å². The van der Waals surface area contributed by atoms with Crippen LogP contribution in [-0.2, 0) is 11.3 Å². The molecule has 3 rings (SSSR count). The minimum Gasteiger partial charge on any atom is -0.358 e. The molecule has 2 amide bonds. The van der Waals surface area contributed by atoms with E-state index in [0.29, 0.717) is 16.8 Å². The highest BCUT2D eigenvalue weighted by molar-refractivity contribution is 6.32. The Morgan fingerprint density at radius 1 is 1.15 bits per heavy atom. The Morgan fingerprint density at radius 3 is 2.63 bits per heavy atom. The fourth-order valence-electron chi connectivity index (χ4n) is 3.22. The van der Waals surface area contributed by atoms with Gasteiger partial charge in [-0.25, -0.2) is 0 Å². The van der Waals surface area contributed by atoms with Crippen molar-refractivity contribution in [2.75, 3.05) is 31.8 Å². The van der Waals surface area contributed by atoms with Gasteiger partial charge in [0.15, 0.2) is 0 Å². The third-order valence-electron chi connectivity index (χ3n) is 4.39. The Balaban J connectivity index is 1.94. The Bertz CT molecular complexity index is 932. The number of amides is 2. The molecule has 0 bridgehead atoms. The second-order valence-electron chi connectivity index (χ2n) is 6.86. The minimum atomic E-state index is -0.182. The van der Waals surface area contributed by atoms with E-state index in [2.05, 4.69) is 33.0 Å². The number of rotatable bonds is 5. The molecule has 140 valence electrons. The van der Waals surface area contributed by atoms with Crippen LogP contribution in [0.5, 0.6) is 0 Å². The standard InChI is InChI=1S/C21H24N4O2/c1-13(23-16-7-5-6-14(10-16)12-25(3)4)19-17-11-15(20(26)22-2)8-9-18(17)24-21(19)27/h5-11,23H,12H2,1-4H3,(H,22,26)(H,24,27)/b19-13-. The van der Waals surface area contributed by atoms with E-state index in [-0.39, 0.29) is 11.8 Å². The van der Waals surface area contributed by atoms with Crippen LogP contribution in [0.3, 0.4) is 0 Å². The normalized spacial score (nSPS) is 14.6. The molecule has 1 aliphatic heterocycles. The van der Waals surface area contributed by atoms with Crippen molar-refractivity contribution in [1.29, 1.82) is 0 Å². The summed E-state index contributed by atoms with van der Waals surface area (Å²) in [6, 6.07) is 13.3. The van der Waals surface area contributed by atoms with Gasteiger partial charge in [0.2, 0.25) is 0 Å². The highest BCUT2D eigenvalue weighted by Gasteiger charge is 2.27. The summed E-state index contributed by atoms with van der Waals surface area (Å²) in [5.74, 6) is -0.355. The van der Waals surface area contributed by atoms with E-state index >= 15 is 0 Å². The summed E-state index contributed by atoms with van der Waals surface area (Å²) in [6.07, 6.45) is 0. The summed E-state index contributed by atoms with van der Waals surface area (Å²) in [6.45, 7) is 2.71. The average Bonchev–Trinajstić information content (AvgIpc) is 2.95. The summed E-state index contributed by atoms with van der Waals surface area (Å²) >= 11 is 0. The van der Waals surface area contributed by atoms with E-state index in [9.17, 15) is 9.59 Å². The molecule has 0 aliphatic carbocycles. The highest BCUT2D eigenvalue weighted by atomic mass is 16.2. The molecule has 0 fully saturated rings. The molecular weight excluding hydrogens is 340 g/mol. The lowest BCUT2D eigenvalue weighted by atomic mass is 10.0. The van der Waals surface area contributed by atoms with Gasteiger partial charge in [0.1, 0.15) is 0 Å². The van der Waals surface area contributed by atoms with Crippen LogP contribution in [-0.4, -0.2) is 37.9 Å². The second kappa shape index (κ2) is 7.63. The van der Waals surface area contributed by atoms with Gasteiger partial charge in [-0.3, -0.25) is 9.59 Å². The Kier molecular flexibility index (Phi) is 5.28. The summed E-state index contributed by atoms with van der Waals surface area (Å²) in [5.41, 5.74) is 5.35. The molecule has 2 aromatic carbocycles. The predicted octanol–water partition coefficient (Wildman–Crippen LogP) is 2.90. The summed E-state index contributed by atoms with van der Waals surface area (Å²) < 4.78 is 0. The molecule has 0 saturated carbocycles. The van der Waals surface area contributed by atoms with Crippen molar-refractivity contribution in [3.05, 3.63) is 64.9 Å². The lowest BCUT2D eigenvalue weighted by Crippen LogP contribution is -2.17. The quantitative estimate of drug-likeness (QED) is 0.714. The highest BCUT2D eigenvalue weighted by Crippen LogP contribution is 2.34. The van der Waals surface area contributed by atoms with Gasteiger partial charge in [0.25, 0.3) is 11.8 Å². The van der Waals surface area contributed by atoms with E-state index in [4.69, 9.17) is 0 Å². The molecule has 6 heteroatoms. The fourth-order valence-corrected chi connectivity index (χ4v) is 3.22. The van der Waals surface area contributed by atoms with Crippen LogP contribution in [0, 0.1) is 0 Å². The lowest BCUT2D eigenvalue weighted by molar-refractivity contribution is -0.110. The number of allylic oxidation sites excluding steroid dienone is 1. The number of hydrogen-bond donors (Lipinski definition) is 3. The van der Waals surface area contributed by atoms with Gasteiger partial charge in [0.05, 0.1) is 5.57 Å². The first-order valence-electron chi connectivity index (χ1n) is 8.78. The van der Waals surface area contributed by atoms with Crippen LogP contribution in [0.15, 0.2) is 48.2 Å². The van der Waals surface area contributed by atoms with Crippen molar-refractivity contribution >= 4 is 28.8 Å². The minimum absolute atomic E-state index is 0.173. The lowest BCUT2D eigenvalue weighted by Gasteiger charge is -2.13. The maximum Gasteiger partial charge on any atom is 0.258 e. The van der Waals surface area contributed by atoms with E-state index < -0.39 is 0 Å². The van der Waals surface area contributed by atoms with Crippen molar-refractivity contribution in [3.63, 3.8) is 0 Å². The van der Waals surface area contributed by atoms with Crippen LogP contribution in [0.4, 0.5) is 11.4 Å². The van der Waals surface area contributed by atoms with Gasteiger partial charge in [0, 0.05) is 41.8 Å². The van der Waals surface area contributed by atoms with Crippen LogP contribution < -0.4 is 16.0 Å². The molecule has 0 radical (unpaired) electrons. The topological polar surface area (TPSA) is 73.5 Å². The monoisotopic (exact) mass is 364 g/mol. The molecule has 0 unspecified atom stereocenters. The summed E-state index contributed by atoms with van der Waals surface area (Å²) in [5, 5.41) is 8.80. The van der Waals surface area contributed by atoms with Crippen molar-refractivity contribution in [1.82, 2.24) is 10.2 Å². The summed E-state index contributed by atoms with van der Waals surface area (Å²) in [7, 11) is 5.64. The molecule has 0 aromatic heterocycles. The molecule has 0 saturated heterocycles. The number of carbonyl (C=O) groups is 2. The number of nitrogens with zero attached hydrogens (tertiary/aromatic N) is 1. The number of fused-ring (bicyclic) bond motifs is 1. The molecule has 2 aromatic rings. The zero-order valence-corrected chi connectivity index (χ0v) is 16.0. The molecule has 0 atom stereocenters. The van der Waals surface area contributed by atoms with Crippen molar-refractivity contribution < 1.29 is 9.59 Å². The van der Waals surface area contributed by atoms with Gasteiger partial charge in [-0.05, 0) is 56.9 Å². The fraction of sp³-hybridized carbons (Fsp3) is 0.238. The van der Waals surface area contributed by atoms with Gasteiger partial charge >= 0.3 is 0 Å². The average molecular weight is 364 g/mol. The smallest absolute Gasteiger partial charge is 0.258 e. The van der Waals surface area contributed by atoms with Crippen molar-refractivity contribution in [3.8, 4) is 0 Å². The number of nitrogens with one attached hydrogen (secondary N) is 3. The summed E-state index contributed by atoms with van der Waals surface area (Å²) in [4.78, 5) is 26.5. The third kappa shape index (κ3) is 4.01. The molecule has 1 heterocycles. The van der Waals surface area contributed by atoms with Crippen LogP contribution >= 0.6 is 0 Å². The van der Waals surface area contributed by atoms with Crippen LogP contribution in [0.1, 0.15) is 28.4 Å². The zero-order valence-electron chi connectivity index (χ0n) is 16.0. The first kappa shape index (κ1) is 18.7. The van der Waals surface area contributed by atoms with Crippen molar-refractivity contribution in [2.45, 2.75) is 13.5 Å². The Hall–Kier alpha value is -3.12. The third-order valence-corrected chi connectivity index (χ3v) is 4.39. The first-order chi connectivity index (χ1) is 12.9. The molecule has 1 aliphatic rings. The molecule has 3 N–H and O–H groups in total. The number of hydrogen-bond acceptors (Lipinski definition) is 4.